The Morgan fingerprint density at radius 3 is 2.35 bits per heavy atom. The number of hydrogen-bond acceptors (Lipinski definition) is 7. The maximum absolute atomic E-state index is 12.6. The number of sulfonamides is 1. The van der Waals surface area contributed by atoms with Crippen molar-refractivity contribution in [2.75, 3.05) is 25.1 Å². The fourth-order valence-electron chi connectivity index (χ4n) is 2.59. The first kappa shape index (κ1) is 24.9. The lowest BCUT2D eigenvalue weighted by atomic mass is 10.2. The van der Waals surface area contributed by atoms with Gasteiger partial charge in [0, 0.05) is 30.4 Å². The van der Waals surface area contributed by atoms with Crippen molar-refractivity contribution in [3.05, 3.63) is 69.2 Å². The zero-order valence-electron chi connectivity index (χ0n) is 16.3. The lowest BCUT2D eigenvalue weighted by molar-refractivity contribution is -0.384. The number of benzene rings is 2. The van der Waals surface area contributed by atoms with Crippen molar-refractivity contribution in [1.29, 1.82) is 0 Å². The van der Waals surface area contributed by atoms with Gasteiger partial charge in [0.2, 0.25) is 10.0 Å². The van der Waals surface area contributed by atoms with E-state index in [4.69, 9.17) is 27.9 Å². The molecule has 0 spiro atoms. The summed E-state index contributed by atoms with van der Waals surface area (Å²) >= 11 is 12.3. The summed E-state index contributed by atoms with van der Waals surface area (Å²) in [7, 11) is -4.06. The third kappa shape index (κ3) is 7.08. The predicted molar refractivity (Wildman–Crippen MR) is 120 cm³/mol. The fourth-order valence-corrected chi connectivity index (χ4v) is 5.04. The van der Waals surface area contributed by atoms with Gasteiger partial charge in [0.1, 0.15) is 17.3 Å². The molecular formula is C19H21Cl2N3O6S. The van der Waals surface area contributed by atoms with Crippen LogP contribution in [-0.2, 0) is 10.0 Å². The molecule has 0 unspecified atom stereocenters. The molecule has 0 radical (unpaired) electrons. The molecule has 2 rings (SSSR count). The third-order valence-corrected chi connectivity index (χ3v) is 6.45. The highest BCUT2D eigenvalue weighted by atomic mass is 35.5. The average Bonchev–Trinajstić information content (AvgIpc) is 2.70. The minimum atomic E-state index is -4.06. The van der Waals surface area contributed by atoms with Gasteiger partial charge in [0.05, 0.1) is 21.6 Å². The molecule has 0 fully saturated rings. The normalized spacial score (nSPS) is 12.2. The van der Waals surface area contributed by atoms with Crippen LogP contribution in [0.1, 0.15) is 6.42 Å². The molecule has 9 nitrogen and oxygen atoms in total. The monoisotopic (exact) mass is 489 g/mol. The van der Waals surface area contributed by atoms with E-state index in [0.717, 1.165) is 0 Å². The second-order valence-corrected chi connectivity index (χ2v) is 8.79. The summed E-state index contributed by atoms with van der Waals surface area (Å²) in [6.07, 6.45) is 1.72. The van der Waals surface area contributed by atoms with Gasteiger partial charge in [-0.15, -0.1) is 6.58 Å². The highest BCUT2D eigenvalue weighted by Gasteiger charge is 2.25. The quantitative estimate of drug-likeness (QED) is 0.179. The largest absolute Gasteiger partial charge is 0.492 e. The molecule has 0 aliphatic heterocycles. The number of nitro groups is 1. The van der Waals surface area contributed by atoms with Crippen LogP contribution >= 0.6 is 23.2 Å². The number of anilines is 1. The van der Waals surface area contributed by atoms with Crippen LogP contribution in [0, 0.1) is 10.1 Å². The number of rotatable bonds is 12. The Kier molecular flexibility index (Phi) is 9.08. The average molecular weight is 490 g/mol. The third-order valence-electron chi connectivity index (χ3n) is 4.01. The summed E-state index contributed by atoms with van der Waals surface area (Å²) in [5.41, 5.74) is 0.445. The number of nitrogens with one attached hydrogen (secondary N) is 2. The van der Waals surface area contributed by atoms with Crippen LogP contribution in [-0.4, -0.2) is 44.2 Å². The molecule has 0 amide bonds. The Bertz CT molecular complexity index is 1010. The van der Waals surface area contributed by atoms with Crippen LogP contribution in [0.5, 0.6) is 5.75 Å². The molecule has 3 N–H and O–H groups in total. The summed E-state index contributed by atoms with van der Waals surface area (Å²) < 4.78 is 33.0. The molecule has 0 aliphatic carbocycles. The van der Waals surface area contributed by atoms with E-state index >= 15 is 0 Å². The lowest BCUT2D eigenvalue weighted by Crippen LogP contribution is -2.37. The molecule has 0 heterocycles. The first-order valence-electron chi connectivity index (χ1n) is 9.02. The highest BCUT2D eigenvalue weighted by molar-refractivity contribution is 7.89. The minimum absolute atomic E-state index is 0.0332. The van der Waals surface area contributed by atoms with Crippen molar-refractivity contribution in [1.82, 2.24) is 4.72 Å². The molecule has 2 aromatic carbocycles. The number of halogens is 2. The van der Waals surface area contributed by atoms with E-state index in [1.54, 1.807) is 0 Å². The van der Waals surface area contributed by atoms with Gasteiger partial charge in [-0.2, -0.15) is 0 Å². The summed E-state index contributed by atoms with van der Waals surface area (Å²) in [4.78, 5) is 9.86. The molecule has 168 valence electrons. The lowest BCUT2D eigenvalue weighted by Gasteiger charge is -2.17. The molecule has 0 saturated carbocycles. The van der Waals surface area contributed by atoms with Crippen LogP contribution in [0.3, 0.4) is 0 Å². The van der Waals surface area contributed by atoms with Crippen molar-refractivity contribution in [2.24, 2.45) is 0 Å². The Balaban J connectivity index is 1.99. The first-order chi connectivity index (χ1) is 14.7. The van der Waals surface area contributed by atoms with E-state index in [2.05, 4.69) is 16.6 Å². The second kappa shape index (κ2) is 11.3. The smallest absolute Gasteiger partial charge is 0.269 e. The number of hydrogen-bond donors (Lipinski definition) is 3. The molecule has 1 atom stereocenters. The summed E-state index contributed by atoms with van der Waals surface area (Å²) in [5.74, 6) is 0.467. The van der Waals surface area contributed by atoms with Crippen molar-refractivity contribution in [3.8, 4) is 5.75 Å². The van der Waals surface area contributed by atoms with Crippen molar-refractivity contribution in [2.45, 2.75) is 17.4 Å². The van der Waals surface area contributed by atoms with Crippen LogP contribution in [0.15, 0.2) is 53.9 Å². The van der Waals surface area contributed by atoms with Crippen LogP contribution in [0.25, 0.3) is 0 Å². The Labute approximate surface area is 189 Å². The predicted octanol–water partition coefficient (Wildman–Crippen LogP) is 3.61. The number of nitrogens with zero attached hydrogens (tertiary/aromatic N) is 1. The van der Waals surface area contributed by atoms with E-state index in [-0.39, 0.29) is 33.7 Å². The fraction of sp³-hybridized carbons (Fsp3) is 0.263. The number of aliphatic hydroxyl groups excluding tert-OH is 1. The second-order valence-electron chi connectivity index (χ2n) is 6.32. The van der Waals surface area contributed by atoms with Gasteiger partial charge in [0.25, 0.3) is 5.69 Å². The summed E-state index contributed by atoms with van der Waals surface area (Å²) in [6, 6.07) is 7.74. The Hall–Kier alpha value is -2.37. The van der Waals surface area contributed by atoms with Gasteiger partial charge in [0.15, 0.2) is 0 Å². The van der Waals surface area contributed by atoms with Crippen molar-refractivity contribution in [3.63, 3.8) is 0 Å². The number of nitro benzene ring substituents is 1. The van der Waals surface area contributed by atoms with E-state index in [9.17, 15) is 23.6 Å². The van der Waals surface area contributed by atoms with Gasteiger partial charge in [-0.25, -0.2) is 13.1 Å². The van der Waals surface area contributed by atoms with Crippen LogP contribution < -0.4 is 14.8 Å². The van der Waals surface area contributed by atoms with E-state index in [1.165, 1.54) is 42.5 Å². The maximum atomic E-state index is 12.6. The van der Waals surface area contributed by atoms with E-state index in [1.807, 2.05) is 0 Å². The molecule has 2 aromatic rings. The molecule has 0 bridgehead atoms. The SMILES string of the molecule is C=CC[C@@H](CO)NS(=O)(=O)c1c(Cl)cc(NCCOc2ccc([N+](=O)[O-])cc2)cc1Cl. The Morgan fingerprint density at radius 2 is 1.84 bits per heavy atom. The molecular weight excluding hydrogens is 469 g/mol. The molecule has 0 saturated heterocycles. The van der Waals surface area contributed by atoms with Crippen molar-refractivity contribution >= 4 is 44.6 Å². The summed E-state index contributed by atoms with van der Waals surface area (Å²) in [5, 5.41) is 22.8. The molecule has 0 aromatic heterocycles. The van der Waals surface area contributed by atoms with Gasteiger partial charge in [-0.05, 0) is 30.7 Å². The van der Waals surface area contributed by atoms with Gasteiger partial charge in [-0.1, -0.05) is 29.3 Å². The highest BCUT2D eigenvalue weighted by Crippen LogP contribution is 2.33. The van der Waals surface area contributed by atoms with Crippen LogP contribution in [0.4, 0.5) is 11.4 Å². The topological polar surface area (TPSA) is 131 Å². The Morgan fingerprint density at radius 1 is 1.23 bits per heavy atom. The zero-order valence-corrected chi connectivity index (χ0v) is 18.6. The van der Waals surface area contributed by atoms with Crippen LogP contribution in [0.2, 0.25) is 10.0 Å². The van der Waals surface area contributed by atoms with E-state index in [0.29, 0.717) is 18.0 Å². The number of non-ortho nitro benzene ring substituents is 1. The number of ether oxygens (including phenoxy) is 1. The van der Waals surface area contributed by atoms with Gasteiger partial charge < -0.3 is 15.2 Å². The van der Waals surface area contributed by atoms with Gasteiger partial charge in [-0.3, -0.25) is 10.1 Å². The molecule has 12 heteroatoms. The van der Waals surface area contributed by atoms with Crippen molar-refractivity contribution < 1.29 is 23.2 Å². The molecule has 31 heavy (non-hydrogen) atoms. The van der Waals surface area contributed by atoms with Gasteiger partial charge >= 0.3 is 0 Å². The molecule has 0 aliphatic rings. The first-order valence-corrected chi connectivity index (χ1v) is 11.3. The number of aliphatic hydroxyl groups is 1. The minimum Gasteiger partial charge on any atom is -0.492 e. The van der Waals surface area contributed by atoms with E-state index < -0.39 is 27.6 Å². The standard InChI is InChI=1S/C19H21Cl2N3O6S/c1-2-3-13(12-25)23-31(28,29)19-17(20)10-14(11-18(19)21)22-8-9-30-16-6-4-15(5-7-16)24(26)27/h2,4-7,10-11,13,22-23,25H,1,3,8-9,12H2/t13-/m0/s1. The zero-order chi connectivity index (χ0) is 23.0. The maximum Gasteiger partial charge on any atom is 0.269 e. The summed E-state index contributed by atoms with van der Waals surface area (Å²) in [6.45, 7) is 3.68.